The molecule has 0 aromatic heterocycles. The van der Waals surface area contributed by atoms with E-state index in [1.165, 1.54) is 6.08 Å². The van der Waals surface area contributed by atoms with E-state index in [9.17, 15) is 5.11 Å². The quantitative estimate of drug-likeness (QED) is 0.807. The summed E-state index contributed by atoms with van der Waals surface area (Å²) in [7, 11) is 1.87. The van der Waals surface area contributed by atoms with Crippen molar-refractivity contribution < 1.29 is 5.11 Å². The van der Waals surface area contributed by atoms with E-state index in [1.54, 1.807) is 13.8 Å². The van der Waals surface area contributed by atoms with E-state index in [0.717, 1.165) is 11.3 Å². The van der Waals surface area contributed by atoms with Crippen molar-refractivity contribution >= 4 is 5.70 Å². The summed E-state index contributed by atoms with van der Waals surface area (Å²) in [4.78, 5) is 1.89. The second-order valence-corrected chi connectivity index (χ2v) is 4.69. The van der Waals surface area contributed by atoms with Crippen LogP contribution in [-0.2, 0) is 0 Å². The summed E-state index contributed by atoms with van der Waals surface area (Å²) in [6.07, 6.45) is 1.50. The van der Waals surface area contributed by atoms with Gasteiger partial charge in [-0.15, -0.1) is 0 Å². The lowest BCUT2D eigenvalue weighted by molar-refractivity contribution is 0.0593. The van der Waals surface area contributed by atoms with E-state index in [2.05, 4.69) is 0 Å². The number of rotatable bonds is 4. The van der Waals surface area contributed by atoms with Gasteiger partial charge in [-0.1, -0.05) is 30.3 Å². The average Bonchev–Trinajstić information content (AvgIpc) is 2.24. The number of nitriles is 1. The molecule has 1 aromatic rings. The van der Waals surface area contributed by atoms with Crippen molar-refractivity contribution in [1.82, 2.24) is 4.90 Å². The SMILES string of the molecule is CN(CC(C)(C)O)/C(=C/C#N)c1ccccc1. The summed E-state index contributed by atoms with van der Waals surface area (Å²) in [6.45, 7) is 3.96. The van der Waals surface area contributed by atoms with Crippen LogP contribution in [0.4, 0.5) is 0 Å². The van der Waals surface area contributed by atoms with Crippen LogP contribution in [0.3, 0.4) is 0 Å². The molecular formula is C14H18N2O. The fourth-order valence-electron chi connectivity index (χ4n) is 1.75. The Labute approximate surface area is 103 Å². The molecule has 0 bridgehead atoms. The first-order valence-electron chi connectivity index (χ1n) is 5.53. The first-order chi connectivity index (χ1) is 7.94. The summed E-state index contributed by atoms with van der Waals surface area (Å²) in [6, 6.07) is 11.7. The second-order valence-electron chi connectivity index (χ2n) is 4.69. The molecule has 17 heavy (non-hydrogen) atoms. The molecular weight excluding hydrogens is 212 g/mol. The molecule has 0 aliphatic heterocycles. The third-order valence-corrected chi connectivity index (χ3v) is 2.31. The summed E-state index contributed by atoms with van der Waals surface area (Å²) >= 11 is 0. The van der Waals surface area contributed by atoms with Crippen molar-refractivity contribution in [2.24, 2.45) is 0 Å². The van der Waals surface area contributed by atoms with Crippen LogP contribution >= 0.6 is 0 Å². The number of aliphatic hydroxyl groups is 1. The van der Waals surface area contributed by atoms with Crippen LogP contribution in [0.1, 0.15) is 19.4 Å². The first kappa shape index (κ1) is 13.3. The van der Waals surface area contributed by atoms with Crippen molar-refractivity contribution in [2.45, 2.75) is 19.4 Å². The minimum atomic E-state index is -0.794. The Morgan fingerprint density at radius 3 is 2.47 bits per heavy atom. The molecule has 0 unspecified atom stereocenters. The van der Waals surface area contributed by atoms with E-state index in [0.29, 0.717) is 6.54 Å². The van der Waals surface area contributed by atoms with Gasteiger partial charge in [0.1, 0.15) is 0 Å². The van der Waals surface area contributed by atoms with Crippen molar-refractivity contribution in [2.75, 3.05) is 13.6 Å². The van der Waals surface area contributed by atoms with Gasteiger partial charge in [-0.05, 0) is 19.4 Å². The molecule has 0 heterocycles. The highest BCUT2D eigenvalue weighted by atomic mass is 16.3. The lowest BCUT2D eigenvalue weighted by Gasteiger charge is -2.29. The van der Waals surface area contributed by atoms with E-state index in [4.69, 9.17) is 5.26 Å². The van der Waals surface area contributed by atoms with Crippen LogP contribution < -0.4 is 0 Å². The Morgan fingerprint density at radius 2 is 2.00 bits per heavy atom. The van der Waals surface area contributed by atoms with Gasteiger partial charge in [0.15, 0.2) is 0 Å². The van der Waals surface area contributed by atoms with Crippen LogP contribution in [0.15, 0.2) is 36.4 Å². The van der Waals surface area contributed by atoms with Gasteiger partial charge in [0.05, 0.1) is 17.4 Å². The molecule has 0 saturated carbocycles. The zero-order valence-electron chi connectivity index (χ0n) is 10.5. The van der Waals surface area contributed by atoms with Gasteiger partial charge in [-0.25, -0.2) is 0 Å². The van der Waals surface area contributed by atoms with Crippen molar-refractivity contribution in [1.29, 1.82) is 5.26 Å². The molecule has 90 valence electrons. The van der Waals surface area contributed by atoms with Gasteiger partial charge >= 0.3 is 0 Å². The molecule has 0 spiro atoms. The van der Waals surface area contributed by atoms with Crippen LogP contribution in [0.25, 0.3) is 5.70 Å². The highest BCUT2D eigenvalue weighted by molar-refractivity contribution is 5.65. The average molecular weight is 230 g/mol. The maximum atomic E-state index is 9.80. The monoisotopic (exact) mass is 230 g/mol. The summed E-state index contributed by atoms with van der Waals surface area (Å²) < 4.78 is 0. The van der Waals surface area contributed by atoms with Gasteiger partial charge in [-0.2, -0.15) is 5.26 Å². The largest absolute Gasteiger partial charge is 0.389 e. The maximum Gasteiger partial charge on any atom is 0.0933 e. The Hall–Kier alpha value is -1.79. The molecule has 0 aliphatic carbocycles. The molecule has 0 saturated heterocycles. The maximum absolute atomic E-state index is 9.80. The van der Waals surface area contributed by atoms with E-state index >= 15 is 0 Å². The number of allylic oxidation sites excluding steroid dienone is 1. The third kappa shape index (κ3) is 4.29. The normalized spacial score (nSPS) is 12.1. The van der Waals surface area contributed by atoms with Crippen molar-refractivity contribution in [3.8, 4) is 6.07 Å². The Balaban J connectivity index is 2.97. The van der Waals surface area contributed by atoms with Crippen molar-refractivity contribution in [3.05, 3.63) is 42.0 Å². The molecule has 1 aromatic carbocycles. The van der Waals surface area contributed by atoms with Crippen LogP contribution in [0.2, 0.25) is 0 Å². The highest BCUT2D eigenvalue weighted by Gasteiger charge is 2.17. The zero-order chi connectivity index (χ0) is 12.9. The number of benzene rings is 1. The highest BCUT2D eigenvalue weighted by Crippen LogP contribution is 2.19. The van der Waals surface area contributed by atoms with Gasteiger partial charge in [0.25, 0.3) is 0 Å². The topological polar surface area (TPSA) is 47.3 Å². The number of hydrogen-bond donors (Lipinski definition) is 1. The molecule has 3 heteroatoms. The summed E-state index contributed by atoms with van der Waals surface area (Å²) in [5.74, 6) is 0. The van der Waals surface area contributed by atoms with Gasteiger partial charge < -0.3 is 10.0 Å². The van der Waals surface area contributed by atoms with Gasteiger partial charge in [0.2, 0.25) is 0 Å². The van der Waals surface area contributed by atoms with Crippen LogP contribution in [0, 0.1) is 11.3 Å². The van der Waals surface area contributed by atoms with E-state index in [1.807, 2.05) is 48.3 Å². The van der Waals surface area contributed by atoms with E-state index < -0.39 is 5.60 Å². The summed E-state index contributed by atoms with van der Waals surface area (Å²) in [5.41, 5.74) is 0.994. The minimum Gasteiger partial charge on any atom is -0.389 e. The predicted molar refractivity (Wildman–Crippen MR) is 69.0 cm³/mol. The zero-order valence-corrected chi connectivity index (χ0v) is 10.5. The minimum absolute atomic E-state index is 0.468. The molecule has 1 N–H and O–H groups in total. The summed E-state index contributed by atoms with van der Waals surface area (Å²) in [5, 5.41) is 18.6. The molecule has 0 radical (unpaired) electrons. The van der Waals surface area contributed by atoms with Gasteiger partial charge in [0, 0.05) is 19.7 Å². The first-order valence-corrected chi connectivity index (χ1v) is 5.53. The number of nitrogens with zero attached hydrogens (tertiary/aromatic N) is 2. The van der Waals surface area contributed by atoms with Crippen LogP contribution in [-0.4, -0.2) is 29.2 Å². The molecule has 0 atom stereocenters. The molecule has 0 amide bonds. The third-order valence-electron chi connectivity index (χ3n) is 2.31. The van der Waals surface area contributed by atoms with Gasteiger partial charge in [-0.3, -0.25) is 0 Å². The second kappa shape index (κ2) is 5.51. The van der Waals surface area contributed by atoms with Crippen LogP contribution in [0.5, 0.6) is 0 Å². The molecule has 3 nitrogen and oxygen atoms in total. The fourth-order valence-corrected chi connectivity index (χ4v) is 1.75. The standard InChI is InChI=1S/C14H18N2O/c1-14(2,17)11-16(3)13(9-10-15)12-7-5-4-6-8-12/h4-9,17H,11H2,1-3H3/b13-9+. The van der Waals surface area contributed by atoms with E-state index in [-0.39, 0.29) is 0 Å². The lowest BCUT2D eigenvalue weighted by atomic mass is 10.1. The Bertz CT molecular complexity index is 424. The molecule has 0 fully saturated rings. The fraction of sp³-hybridized carbons (Fsp3) is 0.357. The number of hydrogen-bond acceptors (Lipinski definition) is 3. The lowest BCUT2D eigenvalue weighted by Crippen LogP contribution is -2.35. The molecule has 0 aliphatic rings. The number of likely N-dealkylation sites (N-methyl/N-ethyl adjacent to an activating group) is 1. The molecule has 1 rings (SSSR count). The Morgan fingerprint density at radius 1 is 1.41 bits per heavy atom. The smallest absolute Gasteiger partial charge is 0.0933 e. The Kier molecular flexibility index (Phi) is 4.30. The van der Waals surface area contributed by atoms with Crippen molar-refractivity contribution in [3.63, 3.8) is 0 Å². The predicted octanol–water partition coefficient (Wildman–Crippen LogP) is 2.25.